The Morgan fingerprint density at radius 1 is 0.596 bits per heavy atom. The van der Waals surface area contributed by atoms with Crippen molar-refractivity contribution in [1.29, 1.82) is 0 Å². The average Bonchev–Trinajstić information content (AvgIpc) is 3.11. The van der Waals surface area contributed by atoms with E-state index in [1.165, 1.54) is 101 Å². The first-order chi connectivity index (χ1) is 24.9. The molecule has 1 rings (SSSR count). The zero-order valence-corrected chi connectivity index (χ0v) is 36.1. The van der Waals surface area contributed by atoms with Crippen molar-refractivity contribution < 1.29 is 4.79 Å². The maximum absolute atomic E-state index is 13.3. The van der Waals surface area contributed by atoms with Gasteiger partial charge in [0.05, 0.1) is 0 Å². The van der Waals surface area contributed by atoms with E-state index in [1.807, 2.05) is 11.9 Å². The van der Waals surface area contributed by atoms with Crippen LogP contribution in [0.1, 0.15) is 144 Å². The van der Waals surface area contributed by atoms with Gasteiger partial charge in [-0.25, -0.2) is 0 Å². The third-order valence-corrected chi connectivity index (χ3v) is 10.9. The van der Waals surface area contributed by atoms with Gasteiger partial charge in [0.25, 0.3) is 0 Å². The molecule has 1 aromatic carbocycles. The van der Waals surface area contributed by atoms with Crippen molar-refractivity contribution in [3.05, 3.63) is 35.4 Å². The maximum atomic E-state index is 13.3. The molecular weight excluding hydrogens is 641 g/mol. The van der Waals surface area contributed by atoms with Gasteiger partial charge >= 0.3 is 0 Å². The standard InChI is InChI=1S/C45H88N6O/c1-11-12-13-14-15-16-17-18-19-27-48-40(7)21-20-39(6)26-32-50(9)33-31-49-41(8)35-42-22-24-43(25-23-42)36-44(37(2)3)45(52)51(10)34-30-46-28-29-47-38(4)5/h22-25,37-41,44,46-49H,11-21,26-36H2,1-10H3/t39?,40?,41?,44-/m0/s1. The molecule has 1 amide bonds. The number of likely N-dealkylation sites (N-methyl/N-ethyl adjacent to an activating group) is 2. The maximum Gasteiger partial charge on any atom is 0.226 e. The number of carbonyl (C=O) groups excluding carboxylic acids is 1. The normalized spacial score (nSPS) is 14.3. The minimum absolute atomic E-state index is 0.00110. The van der Waals surface area contributed by atoms with Crippen LogP contribution in [0.4, 0.5) is 0 Å². The van der Waals surface area contributed by atoms with Crippen LogP contribution in [0, 0.1) is 17.8 Å². The summed E-state index contributed by atoms with van der Waals surface area (Å²) in [6, 6.07) is 10.5. The molecule has 0 fully saturated rings. The Labute approximate surface area is 324 Å². The van der Waals surface area contributed by atoms with Crippen molar-refractivity contribution in [3.63, 3.8) is 0 Å². The van der Waals surface area contributed by atoms with Gasteiger partial charge in [-0.1, -0.05) is 117 Å². The summed E-state index contributed by atoms with van der Waals surface area (Å²) in [6.07, 6.45) is 18.3. The Morgan fingerprint density at radius 3 is 1.81 bits per heavy atom. The van der Waals surface area contributed by atoms with Gasteiger partial charge in [0.2, 0.25) is 5.91 Å². The smallest absolute Gasteiger partial charge is 0.226 e. The number of unbranched alkanes of at least 4 members (excludes halogenated alkanes) is 8. The topological polar surface area (TPSA) is 71.7 Å². The molecular formula is C45H88N6O. The fraction of sp³-hybridized carbons (Fsp3) is 0.844. The predicted octanol–water partition coefficient (Wildman–Crippen LogP) is 8.32. The zero-order valence-electron chi connectivity index (χ0n) is 36.1. The van der Waals surface area contributed by atoms with Crippen LogP contribution in [0.3, 0.4) is 0 Å². The SMILES string of the molecule is CCCCCCCCCCCNC(C)CCC(C)CCN(C)CCNC(C)Cc1ccc(C[C@H](C(=O)N(C)CCNCCNC(C)C)C(C)C)cc1. The van der Waals surface area contributed by atoms with Crippen LogP contribution >= 0.6 is 0 Å². The lowest BCUT2D eigenvalue weighted by Gasteiger charge is -2.27. The molecule has 1 aromatic rings. The minimum Gasteiger partial charge on any atom is -0.344 e. The molecule has 7 nitrogen and oxygen atoms in total. The number of amides is 1. The Kier molecular flexibility index (Phi) is 28.7. The largest absolute Gasteiger partial charge is 0.344 e. The number of nitrogens with zero attached hydrogens (tertiary/aromatic N) is 2. The summed E-state index contributed by atoms with van der Waals surface area (Å²) in [7, 11) is 4.21. The molecule has 0 aliphatic rings. The molecule has 7 heteroatoms. The molecule has 0 bridgehead atoms. The second kappa shape index (κ2) is 30.8. The minimum atomic E-state index is -0.00110. The third kappa shape index (κ3) is 25.5. The van der Waals surface area contributed by atoms with E-state index in [1.54, 1.807) is 0 Å². The Hall–Kier alpha value is -1.51. The van der Waals surface area contributed by atoms with Gasteiger partial charge in [0.1, 0.15) is 0 Å². The molecule has 0 saturated carbocycles. The van der Waals surface area contributed by atoms with E-state index in [9.17, 15) is 4.79 Å². The van der Waals surface area contributed by atoms with Crippen LogP contribution in [0.25, 0.3) is 0 Å². The number of benzene rings is 1. The highest BCUT2D eigenvalue weighted by atomic mass is 16.2. The van der Waals surface area contributed by atoms with Crippen LogP contribution in [0.2, 0.25) is 0 Å². The number of hydrogen-bond donors (Lipinski definition) is 4. The van der Waals surface area contributed by atoms with Gasteiger partial charge in [-0.2, -0.15) is 0 Å². The lowest BCUT2D eigenvalue weighted by Crippen LogP contribution is -2.41. The van der Waals surface area contributed by atoms with E-state index < -0.39 is 0 Å². The van der Waals surface area contributed by atoms with E-state index in [4.69, 9.17) is 0 Å². The highest BCUT2D eigenvalue weighted by Gasteiger charge is 2.25. The predicted molar refractivity (Wildman–Crippen MR) is 228 cm³/mol. The third-order valence-electron chi connectivity index (χ3n) is 10.9. The molecule has 0 aliphatic heterocycles. The second-order valence-electron chi connectivity index (χ2n) is 17.0. The summed E-state index contributed by atoms with van der Waals surface area (Å²) < 4.78 is 0. The van der Waals surface area contributed by atoms with Crippen LogP contribution < -0.4 is 21.3 Å². The van der Waals surface area contributed by atoms with Crippen molar-refractivity contribution in [2.45, 2.75) is 163 Å². The van der Waals surface area contributed by atoms with E-state index in [0.29, 0.717) is 24.0 Å². The fourth-order valence-corrected chi connectivity index (χ4v) is 6.93. The van der Waals surface area contributed by atoms with Crippen molar-refractivity contribution in [2.24, 2.45) is 17.8 Å². The van der Waals surface area contributed by atoms with Crippen molar-refractivity contribution in [2.75, 3.05) is 66.5 Å². The van der Waals surface area contributed by atoms with Crippen LogP contribution in [0.5, 0.6) is 0 Å². The van der Waals surface area contributed by atoms with Crippen LogP contribution in [-0.4, -0.2) is 100 Å². The van der Waals surface area contributed by atoms with Gasteiger partial charge in [0.15, 0.2) is 0 Å². The van der Waals surface area contributed by atoms with E-state index in [0.717, 1.165) is 58.0 Å². The number of carbonyl (C=O) groups is 1. The molecule has 0 aromatic heterocycles. The number of hydrogen-bond acceptors (Lipinski definition) is 6. The summed E-state index contributed by atoms with van der Waals surface area (Å²) >= 11 is 0. The van der Waals surface area contributed by atoms with E-state index >= 15 is 0 Å². The quantitative estimate of drug-likeness (QED) is 0.0536. The van der Waals surface area contributed by atoms with Gasteiger partial charge < -0.3 is 31.1 Å². The summed E-state index contributed by atoms with van der Waals surface area (Å²) in [5.41, 5.74) is 2.60. The molecule has 304 valence electrons. The summed E-state index contributed by atoms with van der Waals surface area (Å²) in [4.78, 5) is 17.7. The lowest BCUT2D eigenvalue weighted by molar-refractivity contribution is -0.135. The van der Waals surface area contributed by atoms with Gasteiger partial charge in [0, 0.05) is 70.4 Å². The number of nitrogens with one attached hydrogen (secondary N) is 4. The molecule has 0 radical (unpaired) electrons. The van der Waals surface area contributed by atoms with Crippen LogP contribution in [-0.2, 0) is 17.6 Å². The van der Waals surface area contributed by atoms with Crippen molar-refractivity contribution in [3.8, 4) is 0 Å². The van der Waals surface area contributed by atoms with Crippen molar-refractivity contribution in [1.82, 2.24) is 31.1 Å². The van der Waals surface area contributed by atoms with Gasteiger partial charge in [-0.3, -0.25) is 4.79 Å². The second-order valence-corrected chi connectivity index (χ2v) is 17.0. The molecule has 4 atom stereocenters. The Balaban J connectivity index is 2.23. The fourth-order valence-electron chi connectivity index (χ4n) is 6.93. The average molecular weight is 729 g/mol. The van der Waals surface area contributed by atoms with Gasteiger partial charge in [-0.15, -0.1) is 0 Å². The molecule has 3 unspecified atom stereocenters. The highest BCUT2D eigenvalue weighted by Crippen LogP contribution is 2.21. The first-order valence-electron chi connectivity index (χ1n) is 21.8. The molecule has 0 aliphatic carbocycles. The first kappa shape index (κ1) is 48.5. The number of rotatable bonds is 34. The molecule has 0 heterocycles. The van der Waals surface area contributed by atoms with E-state index in [-0.39, 0.29) is 11.8 Å². The lowest BCUT2D eigenvalue weighted by atomic mass is 9.87. The summed E-state index contributed by atoms with van der Waals surface area (Å²) in [5.74, 6) is 1.32. The first-order valence-corrected chi connectivity index (χ1v) is 21.8. The Morgan fingerprint density at radius 2 is 1.19 bits per heavy atom. The molecule has 4 N–H and O–H groups in total. The summed E-state index contributed by atoms with van der Waals surface area (Å²) in [6.45, 7) is 25.9. The monoisotopic (exact) mass is 729 g/mol. The summed E-state index contributed by atoms with van der Waals surface area (Å²) in [5, 5.41) is 14.4. The van der Waals surface area contributed by atoms with E-state index in [2.05, 4.69) is 113 Å². The highest BCUT2D eigenvalue weighted by molar-refractivity contribution is 5.79. The molecule has 0 spiro atoms. The van der Waals surface area contributed by atoms with Crippen molar-refractivity contribution >= 4 is 5.91 Å². The molecule has 52 heavy (non-hydrogen) atoms. The van der Waals surface area contributed by atoms with Crippen LogP contribution in [0.15, 0.2) is 24.3 Å². The van der Waals surface area contributed by atoms with Gasteiger partial charge in [-0.05, 0) is 95.5 Å². The molecule has 0 saturated heterocycles. The Bertz CT molecular complexity index is 969. The zero-order chi connectivity index (χ0) is 38.6.